The number of anilines is 1. The molecule has 4 nitrogen and oxygen atoms in total. The minimum atomic E-state index is 0.720. The summed E-state index contributed by atoms with van der Waals surface area (Å²) in [5.74, 6) is 0.896. The second kappa shape index (κ2) is 5.91. The van der Waals surface area contributed by atoms with E-state index in [1.807, 2.05) is 13.8 Å². The molecule has 0 atom stereocenters. The number of aryl methyl sites for hydroxylation is 2. The summed E-state index contributed by atoms with van der Waals surface area (Å²) in [6, 6.07) is 0. The van der Waals surface area contributed by atoms with E-state index in [1.165, 1.54) is 5.01 Å². The molecule has 0 bridgehead atoms. The zero-order valence-electron chi connectivity index (χ0n) is 11.0. The summed E-state index contributed by atoms with van der Waals surface area (Å²) in [7, 11) is 0. The minimum absolute atomic E-state index is 0.720. The Kier molecular flexibility index (Phi) is 4.25. The van der Waals surface area contributed by atoms with Crippen molar-refractivity contribution in [2.45, 2.75) is 40.2 Å². The minimum Gasteiger partial charge on any atom is -0.364 e. The highest BCUT2D eigenvalue weighted by molar-refractivity contribution is 7.09. The number of nitrogens with one attached hydrogen (secondary N) is 1. The fourth-order valence-electron chi connectivity index (χ4n) is 1.65. The molecule has 2 aromatic heterocycles. The average Bonchev–Trinajstić information content (AvgIpc) is 2.79. The monoisotopic (exact) mass is 262 g/mol. The van der Waals surface area contributed by atoms with Crippen LogP contribution in [0.4, 0.5) is 5.82 Å². The van der Waals surface area contributed by atoms with E-state index in [1.54, 1.807) is 17.7 Å². The molecule has 0 radical (unpaired) electrons. The average molecular weight is 262 g/mol. The van der Waals surface area contributed by atoms with Crippen LogP contribution in [0.3, 0.4) is 0 Å². The Morgan fingerprint density at radius 3 is 2.89 bits per heavy atom. The van der Waals surface area contributed by atoms with Crippen LogP contribution in [-0.2, 0) is 13.0 Å². The summed E-state index contributed by atoms with van der Waals surface area (Å²) in [4.78, 5) is 13.0. The fourth-order valence-corrected chi connectivity index (χ4v) is 2.55. The van der Waals surface area contributed by atoms with Gasteiger partial charge in [-0.25, -0.2) is 15.0 Å². The van der Waals surface area contributed by atoms with E-state index in [0.717, 1.165) is 42.2 Å². The first-order valence-electron chi connectivity index (χ1n) is 6.16. The van der Waals surface area contributed by atoms with Gasteiger partial charge in [0.1, 0.15) is 12.1 Å². The lowest BCUT2D eigenvalue weighted by Crippen LogP contribution is -2.05. The van der Waals surface area contributed by atoms with Crippen LogP contribution in [0.1, 0.15) is 35.3 Å². The van der Waals surface area contributed by atoms with Gasteiger partial charge in [-0.15, -0.1) is 11.3 Å². The molecule has 96 valence electrons. The van der Waals surface area contributed by atoms with E-state index in [4.69, 9.17) is 0 Å². The van der Waals surface area contributed by atoms with Crippen LogP contribution in [0, 0.1) is 13.8 Å². The normalized spacial score (nSPS) is 10.6. The number of thiazole rings is 1. The molecule has 2 rings (SSSR count). The molecule has 0 fully saturated rings. The third-order valence-electron chi connectivity index (χ3n) is 2.84. The maximum atomic E-state index is 4.58. The van der Waals surface area contributed by atoms with E-state index in [0.29, 0.717) is 0 Å². The second-order valence-electron chi connectivity index (χ2n) is 4.27. The molecule has 0 saturated heterocycles. The highest BCUT2D eigenvalue weighted by atomic mass is 32.1. The summed E-state index contributed by atoms with van der Waals surface area (Å²) in [5, 5.41) is 6.64. The molecule has 0 aliphatic heterocycles. The standard InChI is InChI=1S/C13H18N4S/c1-4-5-12-17-11(7-18-12)6-14-13-9(2)10(3)15-8-16-13/h7-8H,4-6H2,1-3H3,(H,14,15,16). The topological polar surface area (TPSA) is 50.7 Å². The van der Waals surface area contributed by atoms with Crippen molar-refractivity contribution in [3.05, 3.63) is 33.7 Å². The van der Waals surface area contributed by atoms with E-state index in [-0.39, 0.29) is 0 Å². The first-order valence-corrected chi connectivity index (χ1v) is 7.04. The fraction of sp³-hybridized carbons (Fsp3) is 0.462. The van der Waals surface area contributed by atoms with Crippen molar-refractivity contribution >= 4 is 17.2 Å². The maximum absolute atomic E-state index is 4.58. The van der Waals surface area contributed by atoms with Crippen molar-refractivity contribution in [1.29, 1.82) is 0 Å². The van der Waals surface area contributed by atoms with Gasteiger partial charge in [-0.2, -0.15) is 0 Å². The Morgan fingerprint density at radius 2 is 2.11 bits per heavy atom. The van der Waals surface area contributed by atoms with Gasteiger partial charge in [-0.05, 0) is 26.7 Å². The Hall–Kier alpha value is -1.49. The van der Waals surface area contributed by atoms with Crippen LogP contribution in [0.25, 0.3) is 0 Å². The van der Waals surface area contributed by atoms with E-state index < -0.39 is 0 Å². The number of hydrogen-bond acceptors (Lipinski definition) is 5. The first kappa shape index (κ1) is 13.0. The van der Waals surface area contributed by atoms with E-state index >= 15 is 0 Å². The summed E-state index contributed by atoms with van der Waals surface area (Å²) < 4.78 is 0. The molecule has 5 heteroatoms. The summed E-state index contributed by atoms with van der Waals surface area (Å²) in [5.41, 5.74) is 3.19. The van der Waals surface area contributed by atoms with Crippen molar-refractivity contribution in [1.82, 2.24) is 15.0 Å². The predicted molar refractivity (Wildman–Crippen MR) is 74.9 cm³/mol. The predicted octanol–water partition coefficient (Wildman–Crippen LogP) is 3.11. The van der Waals surface area contributed by atoms with Gasteiger partial charge in [0.15, 0.2) is 0 Å². The molecule has 18 heavy (non-hydrogen) atoms. The lowest BCUT2D eigenvalue weighted by Gasteiger charge is -2.07. The lowest BCUT2D eigenvalue weighted by atomic mass is 10.2. The van der Waals surface area contributed by atoms with Gasteiger partial charge in [0.2, 0.25) is 0 Å². The van der Waals surface area contributed by atoms with Gasteiger partial charge in [0.25, 0.3) is 0 Å². The molecule has 2 aromatic rings. The molecule has 2 heterocycles. The SMILES string of the molecule is CCCc1nc(CNc2ncnc(C)c2C)cs1. The Labute approximate surface area is 112 Å². The quantitative estimate of drug-likeness (QED) is 0.899. The van der Waals surface area contributed by atoms with Crippen LogP contribution in [0.5, 0.6) is 0 Å². The van der Waals surface area contributed by atoms with Gasteiger partial charge in [0, 0.05) is 16.6 Å². The third kappa shape index (κ3) is 3.04. The number of rotatable bonds is 5. The molecule has 0 aromatic carbocycles. The van der Waals surface area contributed by atoms with E-state index in [2.05, 4.69) is 32.6 Å². The molecule has 0 saturated carbocycles. The summed E-state index contributed by atoms with van der Waals surface area (Å²) >= 11 is 1.73. The molecule has 1 N–H and O–H groups in total. The van der Waals surface area contributed by atoms with Crippen LogP contribution in [-0.4, -0.2) is 15.0 Å². The smallest absolute Gasteiger partial charge is 0.132 e. The summed E-state index contributed by atoms with van der Waals surface area (Å²) in [6.07, 6.45) is 3.80. The number of nitrogens with zero attached hydrogens (tertiary/aromatic N) is 3. The van der Waals surface area contributed by atoms with Crippen molar-refractivity contribution in [2.24, 2.45) is 0 Å². The molecule has 0 aliphatic carbocycles. The molecular formula is C13H18N4S. The third-order valence-corrected chi connectivity index (χ3v) is 3.79. The number of hydrogen-bond donors (Lipinski definition) is 1. The first-order chi connectivity index (χ1) is 8.70. The Morgan fingerprint density at radius 1 is 1.28 bits per heavy atom. The van der Waals surface area contributed by atoms with Crippen LogP contribution < -0.4 is 5.32 Å². The van der Waals surface area contributed by atoms with Crippen molar-refractivity contribution < 1.29 is 0 Å². The largest absolute Gasteiger partial charge is 0.364 e. The highest BCUT2D eigenvalue weighted by Crippen LogP contribution is 2.16. The molecular weight excluding hydrogens is 244 g/mol. The van der Waals surface area contributed by atoms with Crippen molar-refractivity contribution in [3.63, 3.8) is 0 Å². The molecule has 0 aliphatic rings. The van der Waals surface area contributed by atoms with Crippen molar-refractivity contribution in [2.75, 3.05) is 5.32 Å². The molecule has 0 unspecified atom stereocenters. The summed E-state index contributed by atoms with van der Waals surface area (Å²) in [6.45, 7) is 6.91. The van der Waals surface area contributed by atoms with Crippen molar-refractivity contribution in [3.8, 4) is 0 Å². The van der Waals surface area contributed by atoms with Gasteiger partial charge in [0.05, 0.1) is 17.2 Å². The lowest BCUT2D eigenvalue weighted by molar-refractivity contribution is 0.893. The molecule has 0 spiro atoms. The molecule has 0 amide bonds. The highest BCUT2D eigenvalue weighted by Gasteiger charge is 2.05. The zero-order chi connectivity index (χ0) is 13.0. The van der Waals surface area contributed by atoms with Gasteiger partial charge >= 0.3 is 0 Å². The van der Waals surface area contributed by atoms with E-state index in [9.17, 15) is 0 Å². The zero-order valence-corrected chi connectivity index (χ0v) is 11.8. The van der Waals surface area contributed by atoms with Crippen LogP contribution in [0.2, 0.25) is 0 Å². The van der Waals surface area contributed by atoms with Crippen LogP contribution in [0.15, 0.2) is 11.7 Å². The Balaban J connectivity index is 2.00. The van der Waals surface area contributed by atoms with Crippen LogP contribution >= 0.6 is 11.3 Å². The van der Waals surface area contributed by atoms with Gasteiger partial charge in [-0.3, -0.25) is 0 Å². The van der Waals surface area contributed by atoms with Gasteiger partial charge in [-0.1, -0.05) is 6.92 Å². The number of aromatic nitrogens is 3. The van der Waals surface area contributed by atoms with Gasteiger partial charge < -0.3 is 5.32 Å². The maximum Gasteiger partial charge on any atom is 0.132 e. The second-order valence-corrected chi connectivity index (χ2v) is 5.21. The Bertz CT molecular complexity index is 521.